The zero-order valence-electron chi connectivity index (χ0n) is 45.7. The van der Waals surface area contributed by atoms with E-state index in [-0.39, 0.29) is 11.9 Å². The summed E-state index contributed by atoms with van der Waals surface area (Å²) in [5.74, 6) is 2.10. The maximum absolute atomic E-state index is 13.6. The molecule has 0 spiro atoms. The Morgan fingerprint density at radius 2 is 0.667 bits per heavy atom. The van der Waals surface area contributed by atoms with E-state index in [2.05, 4.69) is 58.5 Å². The summed E-state index contributed by atoms with van der Waals surface area (Å²) >= 11 is 0. The van der Waals surface area contributed by atoms with E-state index in [9.17, 15) is 14.4 Å². The highest BCUT2D eigenvalue weighted by Gasteiger charge is 2.18. The van der Waals surface area contributed by atoms with Gasteiger partial charge in [0.15, 0.2) is 0 Å². The van der Waals surface area contributed by atoms with Gasteiger partial charge in [-0.25, -0.2) is 0 Å². The van der Waals surface area contributed by atoms with Crippen molar-refractivity contribution >= 4 is 17.8 Å². The molecule has 7 heteroatoms. The van der Waals surface area contributed by atoms with Crippen LogP contribution in [-0.4, -0.2) is 74.6 Å². The second-order valence-electron chi connectivity index (χ2n) is 21.1. The number of carbonyl (C=O) groups excluding carboxylic acids is 3. The maximum atomic E-state index is 13.6. The molecule has 0 aliphatic heterocycles. The van der Waals surface area contributed by atoms with Crippen LogP contribution in [0.15, 0.2) is 0 Å². The van der Waals surface area contributed by atoms with Crippen molar-refractivity contribution in [2.45, 2.75) is 298 Å². The summed E-state index contributed by atoms with van der Waals surface area (Å²) in [6.45, 7) is 15.3. The summed E-state index contributed by atoms with van der Waals surface area (Å²) in [6, 6.07) is 0. The third kappa shape index (κ3) is 43.6. The minimum absolute atomic E-state index is 0.00341. The summed E-state index contributed by atoms with van der Waals surface area (Å²) in [4.78, 5) is 43.2. The van der Waals surface area contributed by atoms with Crippen LogP contribution in [0, 0.1) is 17.8 Å². The molecule has 0 bridgehead atoms. The standard InChI is InChI=1S/C59H116N2O5/c1-8-13-18-21-28-35-45-57(62)61(50-38-49-60(6)7)51-48-54(41-33-26-22-24-29-36-46-58(63)65-52-55(39-16-11-4)43-31-19-14-9-2)42-34-27-23-25-30-37-47-59(64)66-53-56(40-17-12-5)44-32-20-15-10-3/h54-56H,8-53H2,1-7H3. The van der Waals surface area contributed by atoms with Gasteiger partial charge in [0.1, 0.15) is 0 Å². The molecular formula is C59H116N2O5. The zero-order valence-corrected chi connectivity index (χ0v) is 45.7. The van der Waals surface area contributed by atoms with Gasteiger partial charge in [0, 0.05) is 32.4 Å². The molecular weight excluding hydrogens is 817 g/mol. The molecule has 0 aromatic heterocycles. The van der Waals surface area contributed by atoms with Crippen LogP contribution < -0.4 is 0 Å². The first-order valence-electron chi connectivity index (χ1n) is 29.4. The summed E-state index contributed by atoms with van der Waals surface area (Å²) in [6.07, 6.45) is 47.6. The van der Waals surface area contributed by atoms with Crippen molar-refractivity contribution in [2.75, 3.05) is 46.9 Å². The molecule has 0 radical (unpaired) electrons. The third-order valence-electron chi connectivity index (χ3n) is 14.2. The van der Waals surface area contributed by atoms with E-state index in [4.69, 9.17) is 9.47 Å². The van der Waals surface area contributed by atoms with Crippen molar-refractivity contribution in [3.8, 4) is 0 Å². The van der Waals surface area contributed by atoms with Gasteiger partial charge in [-0.15, -0.1) is 0 Å². The number of ether oxygens (including phenoxy) is 2. The molecule has 7 nitrogen and oxygen atoms in total. The lowest BCUT2D eigenvalue weighted by atomic mass is 9.91. The fraction of sp³-hybridized carbons (Fsp3) is 0.949. The van der Waals surface area contributed by atoms with Crippen LogP contribution in [0.1, 0.15) is 298 Å². The molecule has 0 aromatic rings. The van der Waals surface area contributed by atoms with Crippen molar-refractivity contribution in [3.63, 3.8) is 0 Å². The van der Waals surface area contributed by atoms with Crippen molar-refractivity contribution in [3.05, 3.63) is 0 Å². The highest BCUT2D eigenvalue weighted by Crippen LogP contribution is 2.25. The first kappa shape index (κ1) is 64.4. The van der Waals surface area contributed by atoms with Crippen molar-refractivity contribution in [1.29, 1.82) is 0 Å². The molecule has 66 heavy (non-hydrogen) atoms. The Balaban J connectivity index is 4.91. The van der Waals surface area contributed by atoms with Gasteiger partial charge in [0.25, 0.3) is 0 Å². The Hall–Kier alpha value is -1.63. The Kier molecular flexibility index (Phi) is 48.6. The van der Waals surface area contributed by atoms with E-state index < -0.39 is 0 Å². The molecule has 0 N–H and O–H groups in total. The molecule has 392 valence electrons. The molecule has 0 saturated heterocycles. The summed E-state index contributed by atoms with van der Waals surface area (Å²) in [5, 5.41) is 0. The number of hydrogen-bond acceptors (Lipinski definition) is 6. The molecule has 0 heterocycles. The SMILES string of the molecule is CCCCCCCCC(=O)N(CCCN(C)C)CCC(CCCCCCCCC(=O)OCC(CCCC)CCCCCC)CCCCCCCCC(=O)OCC(CCCC)CCCCCC. The van der Waals surface area contributed by atoms with Gasteiger partial charge in [-0.2, -0.15) is 0 Å². The average Bonchev–Trinajstić information content (AvgIpc) is 3.31. The average molecular weight is 934 g/mol. The highest BCUT2D eigenvalue weighted by molar-refractivity contribution is 5.76. The monoisotopic (exact) mass is 933 g/mol. The number of carbonyl (C=O) groups is 3. The zero-order chi connectivity index (χ0) is 48.6. The molecule has 2 unspecified atom stereocenters. The number of hydrogen-bond donors (Lipinski definition) is 0. The number of amides is 1. The molecule has 2 atom stereocenters. The Labute approximate surface area is 412 Å². The summed E-state index contributed by atoms with van der Waals surface area (Å²) in [7, 11) is 4.26. The van der Waals surface area contributed by atoms with Crippen molar-refractivity contribution < 1.29 is 23.9 Å². The van der Waals surface area contributed by atoms with E-state index in [1.54, 1.807) is 0 Å². The smallest absolute Gasteiger partial charge is 0.305 e. The minimum atomic E-state index is 0.00341. The molecule has 1 amide bonds. The molecule has 0 saturated carbocycles. The van der Waals surface area contributed by atoms with Crippen LogP contribution in [0.4, 0.5) is 0 Å². The van der Waals surface area contributed by atoms with Gasteiger partial charge in [-0.05, 0) is 96.2 Å². The predicted octanol–water partition coefficient (Wildman–Crippen LogP) is 17.4. The normalized spacial score (nSPS) is 13.0. The largest absolute Gasteiger partial charge is 0.465 e. The van der Waals surface area contributed by atoms with Crippen LogP contribution >= 0.6 is 0 Å². The van der Waals surface area contributed by atoms with Crippen molar-refractivity contribution in [2.24, 2.45) is 17.8 Å². The Bertz CT molecular complexity index is 995. The second kappa shape index (κ2) is 49.8. The first-order chi connectivity index (χ1) is 32.2. The van der Waals surface area contributed by atoms with Crippen LogP contribution in [0.25, 0.3) is 0 Å². The number of esters is 2. The minimum Gasteiger partial charge on any atom is -0.465 e. The van der Waals surface area contributed by atoms with Crippen molar-refractivity contribution in [1.82, 2.24) is 9.80 Å². The van der Waals surface area contributed by atoms with Gasteiger partial charge in [-0.3, -0.25) is 14.4 Å². The second-order valence-corrected chi connectivity index (χ2v) is 21.1. The maximum Gasteiger partial charge on any atom is 0.305 e. The third-order valence-corrected chi connectivity index (χ3v) is 14.2. The lowest BCUT2D eigenvalue weighted by Gasteiger charge is -2.26. The summed E-state index contributed by atoms with van der Waals surface area (Å²) < 4.78 is 11.6. The Morgan fingerprint density at radius 1 is 0.333 bits per heavy atom. The van der Waals surface area contributed by atoms with E-state index in [0.717, 1.165) is 64.6 Å². The van der Waals surface area contributed by atoms with E-state index in [1.807, 2.05) is 0 Å². The van der Waals surface area contributed by atoms with Gasteiger partial charge in [0.05, 0.1) is 13.2 Å². The fourth-order valence-electron chi connectivity index (χ4n) is 9.64. The highest BCUT2D eigenvalue weighted by atomic mass is 16.5. The topological polar surface area (TPSA) is 76.2 Å². The van der Waals surface area contributed by atoms with Gasteiger partial charge < -0.3 is 19.3 Å². The lowest BCUT2D eigenvalue weighted by molar-refractivity contribution is -0.146. The molecule has 0 rings (SSSR count). The lowest BCUT2D eigenvalue weighted by Crippen LogP contribution is -2.35. The molecule has 0 aliphatic rings. The van der Waals surface area contributed by atoms with Gasteiger partial charge in [0.2, 0.25) is 5.91 Å². The molecule has 0 fully saturated rings. The quantitative estimate of drug-likeness (QED) is 0.0447. The predicted molar refractivity (Wildman–Crippen MR) is 285 cm³/mol. The van der Waals surface area contributed by atoms with E-state index in [0.29, 0.717) is 56.1 Å². The van der Waals surface area contributed by atoms with E-state index in [1.165, 1.54) is 199 Å². The van der Waals surface area contributed by atoms with E-state index >= 15 is 0 Å². The summed E-state index contributed by atoms with van der Waals surface area (Å²) in [5.41, 5.74) is 0. The van der Waals surface area contributed by atoms with Crippen LogP contribution in [0.3, 0.4) is 0 Å². The fourth-order valence-corrected chi connectivity index (χ4v) is 9.64. The number of rotatable bonds is 52. The first-order valence-corrected chi connectivity index (χ1v) is 29.4. The van der Waals surface area contributed by atoms with Crippen LogP contribution in [0.2, 0.25) is 0 Å². The Morgan fingerprint density at radius 3 is 1.08 bits per heavy atom. The van der Waals surface area contributed by atoms with Gasteiger partial charge in [-0.1, -0.05) is 221 Å². The van der Waals surface area contributed by atoms with Crippen LogP contribution in [-0.2, 0) is 23.9 Å². The van der Waals surface area contributed by atoms with Gasteiger partial charge >= 0.3 is 11.9 Å². The van der Waals surface area contributed by atoms with Crippen LogP contribution in [0.5, 0.6) is 0 Å². The number of nitrogens with zero attached hydrogens (tertiary/aromatic N) is 2. The molecule has 0 aromatic carbocycles. The molecule has 0 aliphatic carbocycles. The number of unbranched alkanes of at least 4 members (excludes halogenated alkanes) is 23.